The number of methoxy groups -OCH3 is 1. The van der Waals surface area contributed by atoms with Gasteiger partial charge in [-0.15, -0.1) is 10.2 Å². The summed E-state index contributed by atoms with van der Waals surface area (Å²) in [6.45, 7) is 8.44. The molecule has 32 heavy (non-hydrogen) atoms. The van der Waals surface area contributed by atoms with E-state index in [1.807, 2.05) is 49.4 Å². The monoisotopic (exact) mass is 441 g/mol. The molecule has 0 aliphatic carbocycles. The molecular formula is C23H35N7O2. The number of aryl methyl sites for hydroxylation is 1. The highest BCUT2D eigenvalue weighted by Crippen LogP contribution is 2.13. The van der Waals surface area contributed by atoms with Crippen molar-refractivity contribution in [2.24, 2.45) is 18.0 Å². The highest BCUT2D eigenvalue weighted by Gasteiger charge is 2.28. The summed E-state index contributed by atoms with van der Waals surface area (Å²) in [4.78, 5) is 19.0. The largest absolute Gasteiger partial charge is 0.497 e. The quantitative estimate of drug-likeness (QED) is 0.478. The molecule has 174 valence electrons. The van der Waals surface area contributed by atoms with E-state index in [1.54, 1.807) is 7.11 Å². The number of rotatable bonds is 8. The molecular weight excluding hydrogens is 406 g/mol. The van der Waals surface area contributed by atoms with E-state index in [4.69, 9.17) is 9.73 Å². The minimum absolute atomic E-state index is 0.0173. The number of benzene rings is 1. The number of aliphatic imine (C=N–C) groups is 1. The van der Waals surface area contributed by atoms with E-state index in [0.29, 0.717) is 13.1 Å². The topological polar surface area (TPSA) is 96.7 Å². The number of likely N-dealkylation sites (tertiary alicyclic amines) is 1. The predicted octanol–water partition coefficient (Wildman–Crippen LogP) is 1.67. The third-order valence-electron chi connectivity index (χ3n) is 5.76. The van der Waals surface area contributed by atoms with Gasteiger partial charge in [-0.1, -0.05) is 26.0 Å². The van der Waals surface area contributed by atoms with Crippen LogP contribution in [0.25, 0.3) is 0 Å². The van der Waals surface area contributed by atoms with Crippen LogP contribution in [0.1, 0.15) is 37.5 Å². The molecule has 9 heteroatoms. The smallest absolute Gasteiger partial charge is 0.225 e. The molecule has 2 aromatic rings. The minimum Gasteiger partial charge on any atom is -0.497 e. The van der Waals surface area contributed by atoms with E-state index >= 15 is 0 Å². The summed E-state index contributed by atoms with van der Waals surface area (Å²) in [6.07, 6.45) is 1.76. The number of ether oxygens (including phenoxy) is 1. The maximum Gasteiger partial charge on any atom is 0.225 e. The number of carbonyl (C=O) groups is 1. The van der Waals surface area contributed by atoms with Gasteiger partial charge >= 0.3 is 0 Å². The zero-order valence-electron chi connectivity index (χ0n) is 19.8. The molecule has 0 bridgehead atoms. The van der Waals surface area contributed by atoms with Crippen LogP contribution in [0.4, 0.5) is 0 Å². The Morgan fingerprint density at radius 1 is 1.28 bits per heavy atom. The van der Waals surface area contributed by atoms with Crippen LogP contribution >= 0.6 is 0 Å². The van der Waals surface area contributed by atoms with E-state index in [1.165, 1.54) is 5.56 Å². The van der Waals surface area contributed by atoms with Crippen molar-refractivity contribution in [3.63, 3.8) is 0 Å². The first-order valence-electron chi connectivity index (χ1n) is 11.2. The highest BCUT2D eigenvalue weighted by molar-refractivity contribution is 5.81. The van der Waals surface area contributed by atoms with Crippen molar-refractivity contribution in [2.45, 2.75) is 46.2 Å². The molecule has 2 N–H and O–H groups in total. The second kappa shape index (κ2) is 11.0. The van der Waals surface area contributed by atoms with Gasteiger partial charge in [0.05, 0.1) is 7.11 Å². The summed E-state index contributed by atoms with van der Waals surface area (Å²) in [6, 6.07) is 8.25. The summed E-state index contributed by atoms with van der Waals surface area (Å²) >= 11 is 0. The molecule has 1 aromatic carbocycles. The van der Waals surface area contributed by atoms with Crippen molar-refractivity contribution in [2.75, 3.05) is 26.7 Å². The molecule has 1 aliphatic rings. The summed E-state index contributed by atoms with van der Waals surface area (Å²) in [5.41, 5.74) is 1.22. The molecule has 1 atom stereocenters. The van der Waals surface area contributed by atoms with E-state index in [2.05, 4.69) is 33.0 Å². The van der Waals surface area contributed by atoms with E-state index in [9.17, 15) is 4.79 Å². The summed E-state index contributed by atoms with van der Waals surface area (Å²) in [7, 11) is 3.61. The number of hydrogen-bond acceptors (Lipinski definition) is 5. The summed E-state index contributed by atoms with van der Waals surface area (Å²) in [5, 5.41) is 15.3. The Morgan fingerprint density at radius 3 is 2.66 bits per heavy atom. The van der Waals surface area contributed by atoms with Crippen LogP contribution in [0.5, 0.6) is 5.75 Å². The molecule has 1 amide bonds. The average Bonchev–Trinajstić information content (AvgIpc) is 3.38. The standard InChI is InChI=1S/C23H35N7O2/c1-16(2)22(31)30-13-11-19(15-30)26-23(25-14-21-28-27-17(3)29(21)4)24-12-10-18-6-8-20(32-5)9-7-18/h6-9,16,19H,10-15H2,1-5H3,(H2,24,25,26). The van der Waals surface area contributed by atoms with E-state index < -0.39 is 0 Å². The Labute approximate surface area is 190 Å². The van der Waals surface area contributed by atoms with Crippen LogP contribution in [0.3, 0.4) is 0 Å². The Hall–Kier alpha value is -3.10. The van der Waals surface area contributed by atoms with Crippen LogP contribution in [-0.4, -0.2) is 64.3 Å². The van der Waals surface area contributed by atoms with Crippen molar-refractivity contribution >= 4 is 11.9 Å². The Morgan fingerprint density at radius 2 is 2.03 bits per heavy atom. The first kappa shape index (κ1) is 23.6. The van der Waals surface area contributed by atoms with E-state index in [0.717, 1.165) is 49.3 Å². The van der Waals surface area contributed by atoms with Crippen molar-refractivity contribution in [3.05, 3.63) is 41.5 Å². The van der Waals surface area contributed by atoms with Gasteiger partial charge in [-0.05, 0) is 37.5 Å². The van der Waals surface area contributed by atoms with Crippen molar-refractivity contribution in [1.82, 2.24) is 30.3 Å². The molecule has 0 radical (unpaired) electrons. The highest BCUT2D eigenvalue weighted by atomic mass is 16.5. The number of carbonyl (C=O) groups excluding carboxylic acids is 1. The van der Waals surface area contributed by atoms with Gasteiger partial charge in [0.25, 0.3) is 0 Å². The lowest BCUT2D eigenvalue weighted by Gasteiger charge is -2.20. The number of guanidine groups is 1. The lowest BCUT2D eigenvalue weighted by Crippen LogP contribution is -2.46. The van der Waals surface area contributed by atoms with Gasteiger partial charge in [-0.2, -0.15) is 0 Å². The molecule has 0 spiro atoms. The molecule has 9 nitrogen and oxygen atoms in total. The van der Waals surface area contributed by atoms with E-state index in [-0.39, 0.29) is 17.9 Å². The zero-order valence-corrected chi connectivity index (χ0v) is 19.8. The third-order valence-corrected chi connectivity index (χ3v) is 5.76. The maximum atomic E-state index is 12.3. The molecule has 1 saturated heterocycles. The molecule has 1 fully saturated rings. The number of amides is 1. The lowest BCUT2D eigenvalue weighted by atomic mass is 10.1. The van der Waals surface area contributed by atoms with Crippen molar-refractivity contribution in [1.29, 1.82) is 0 Å². The molecule has 0 saturated carbocycles. The van der Waals surface area contributed by atoms with Gasteiger partial charge in [0.15, 0.2) is 11.8 Å². The van der Waals surface area contributed by atoms with Gasteiger partial charge in [0.1, 0.15) is 18.1 Å². The first-order valence-corrected chi connectivity index (χ1v) is 11.2. The number of hydrogen-bond donors (Lipinski definition) is 2. The van der Waals surface area contributed by atoms with Gasteiger partial charge in [-0.25, -0.2) is 4.99 Å². The molecule has 1 aromatic heterocycles. The van der Waals surface area contributed by atoms with Gasteiger partial charge < -0.3 is 24.8 Å². The fourth-order valence-corrected chi connectivity index (χ4v) is 3.65. The summed E-state index contributed by atoms with van der Waals surface area (Å²) < 4.78 is 7.17. The first-order chi connectivity index (χ1) is 15.4. The second-order valence-electron chi connectivity index (χ2n) is 8.48. The normalized spacial score (nSPS) is 16.5. The Bertz CT molecular complexity index is 921. The Balaban J connectivity index is 1.61. The van der Waals surface area contributed by atoms with Crippen LogP contribution in [0.2, 0.25) is 0 Å². The predicted molar refractivity (Wildman–Crippen MR) is 125 cm³/mol. The lowest BCUT2D eigenvalue weighted by molar-refractivity contribution is -0.133. The molecule has 1 unspecified atom stereocenters. The van der Waals surface area contributed by atoms with Crippen LogP contribution < -0.4 is 15.4 Å². The van der Waals surface area contributed by atoms with Crippen molar-refractivity contribution in [3.8, 4) is 5.75 Å². The molecule has 1 aliphatic heterocycles. The summed E-state index contributed by atoms with van der Waals surface area (Å²) in [5.74, 6) is 3.46. The average molecular weight is 442 g/mol. The fourth-order valence-electron chi connectivity index (χ4n) is 3.65. The van der Waals surface area contributed by atoms with Gasteiger partial charge in [-0.3, -0.25) is 4.79 Å². The molecule has 2 heterocycles. The number of nitrogens with one attached hydrogen (secondary N) is 2. The number of nitrogens with zero attached hydrogens (tertiary/aromatic N) is 5. The third kappa shape index (κ3) is 6.21. The van der Waals surface area contributed by atoms with Crippen molar-refractivity contribution < 1.29 is 9.53 Å². The number of aromatic nitrogens is 3. The van der Waals surface area contributed by atoms with Crippen LogP contribution in [0, 0.1) is 12.8 Å². The minimum atomic E-state index is 0.0173. The Kier molecular flexibility index (Phi) is 8.08. The zero-order chi connectivity index (χ0) is 23.1. The SMILES string of the molecule is COc1ccc(CCNC(=NCc2nnc(C)n2C)NC2CCN(C(=O)C(C)C)C2)cc1. The van der Waals surface area contributed by atoms with Gasteiger partial charge in [0.2, 0.25) is 5.91 Å². The second-order valence-corrected chi connectivity index (χ2v) is 8.48. The van der Waals surface area contributed by atoms with Crippen LogP contribution in [0.15, 0.2) is 29.3 Å². The van der Waals surface area contributed by atoms with Crippen LogP contribution in [-0.2, 0) is 24.8 Å². The fraction of sp³-hybridized carbons (Fsp3) is 0.565. The molecule has 3 rings (SSSR count). The maximum absolute atomic E-state index is 12.3. The van der Waals surface area contributed by atoms with Gasteiger partial charge in [0, 0.05) is 38.6 Å².